The van der Waals surface area contributed by atoms with Gasteiger partial charge < -0.3 is 10.1 Å². The van der Waals surface area contributed by atoms with Crippen molar-refractivity contribution in [3.05, 3.63) is 48.6 Å². The number of amides is 1. The summed E-state index contributed by atoms with van der Waals surface area (Å²) in [5.74, 6) is -1.97. The summed E-state index contributed by atoms with van der Waals surface area (Å²) in [7, 11) is 0. The molecule has 0 aliphatic heterocycles. The summed E-state index contributed by atoms with van der Waals surface area (Å²) in [6.45, 7) is 11.2. The molecule has 0 heterocycles. The molecule has 0 saturated carbocycles. The van der Waals surface area contributed by atoms with E-state index in [2.05, 4.69) is 6.58 Å². The fourth-order valence-corrected chi connectivity index (χ4v) is 2.43. The largest absolute Gasteiger partial charge is 0.471 e. The molecule has 3 atom stereocenters. The Kier molecular flexibility index (Phi) is 7.23. The molecule has 0 unspecified atom stereocenters. The van der Waals surface area contributed by atoms with E-state index in [0.717, 1.165) is 0 Å². The van der Waals surface area contributed by atoms with Crippen LogP contribution in [0.4, 0.5) is 13.2 Å². The number of hydrogen-bond donors (Lipinski definition) is 1. The highest BCUT2D eigenvalue weighted by Crippen LogP contribution is 2.32. The van der Waals surface area contributed by atoms with E-state index < -0.39 is 24.2 Å². The second kappa shape index (κ2) is 8.52. The van der Waals surface area contributed by atoms with Crippen molar-refractivity contribution in [3.63, 3.8) is 0 Å². The van der Waals surface area contributed by atoms with E-state index in [4.69, 9.17) is 4.74 Å². The van der Waals surface area contributed by atoms with Gasteiger partial charge >= 0.3 is 12.1 Å². The van der Waals surface area contributed by atoms with E-state index in [0.29, 0.717) is 12.0 Å². The van der Waals surface area contributed by atoms with Crippen LogP contribution in [-0.4, -0.2) is 24.2 Å². The Morgan fingerprint density at radius 3 is 2.24 bits per heavy atom. The minimum atomic E-state index is -4.93. The van der Waals surface area contributed by atoms with Gasteiger partial charge in [0.2, 0.25) is 0 Å². The van der Waals surface area contributed by atoms with E-state index in [1.165, 1.54) is 6.92 Å². The average Bonchev–Trinajstić information content (AvgIpc) is 2.50. The molecule has 3 nitrogen and oxygen atoms in total. The van der Waals surface area contributed by atoms with Gasteiger partial charge in [-0.15, -0.1) is 6.58 Å². The molecule has 0 spiro atoms. The Hall–Kier alpha value is -1.82. The number of alkyl halides is 3. The van der Waals surface area contributed by atoms with Crippen LogP contribution in [0.25, 0.3) is 0 Å². The molecule has 25 heavy (non-hydrogen) atoms. The Morgan fingerprint density at radius 2 is 1.80 bits per heavy atom. The highest BCUT2D eigenvalue weighted by molar-refractivity contribution is 5.81. The Labute approximate surface area is 147 Å². The molecule has 140 valence electrons. The first kappa shape index (κ1) is 21.2. The van der Waals surface area contributed by atoms with Crippen molar-refractivity contribution in [2.75, 3.05) is 0 Å². The lowest BCUT2D eigenvalue weighted by Crippen LogP contribution is -2.46. The third-order valence-corrected chi connectivity index (χ3v) is 3.86. The van der Waals surface area contributed by atoms with E-state index >= 15 is 0 Å². The lowest BCUT2D eigenvalue weighted by Gasteiger charge is -2.36. The molecule has 6 heteroatoms. The smallest absolute Gasteiger partial charge is 0.367 e. The molecule has 1 amide bonds. The summed E-state index contributed by atoms with van der Waals surface area (Å²) in [5, 5.41) is 2.00. The van der Waals surface area contributed by atoms with E-state index in [-0.39, 0.29) is 11.5 Å². The molecule has 0 aromatic heterocycles. The second-order valence-electron chi connectivity index (χ2n) is 7.11. The molecule has 0 aliphatic rings. The molecular weight excluding hydrogens is 331 g/mol. The van der Waals surface area contributed by atoms with Crippen LogP contribution in [0.1, 0.15) is 45.8 Å². The van der Waals surface area contributed by atoms with Gasteiger partial charge in [-0.3, -0.25) is 4.79 Å². The van der Waals surface area contributed by atoms with Gasteiger partial charge in [-0.1, -0.05) is 57.2 Å². The highest BCUT2D eigenvalue weighted by atomic mass is 19.4. The summed E-state index contributed by atoms with van der Waals surface area (Å²) >= 11 is 0. The molecule has 0 bridgehead atoms. The molecule has 0 radical (unpaired) electrons. The summed E-state index contributed by atoms with van der Waals surface area (Å²) in [4.78, 5) is 11.3. The van der Waals surface area contributed by atoms with E-state index in [1.807, 2.05) is 32.2 Å². The molecule has 1 aromatic rings. The molecule has 1 N–H and O–H groups in total. The van der Waals surface area contributed by atoms with Crippen molar-refractivity contribution in [2.45, 2.75) is 58.5 Å². The van der Waals surface area contributed by atoms with Gasteiger partial charge in [0.1, 0.15) is 6.10 Å². The van der Waals surface area contributed by atoms with Crippen LogP contribution in [0.15, 0.2) is 43.0 Å². The van der Waals surface area contributed by atoms with Crippen molar-refractivity contribution in [3.8, 4) is 0 Å². The maximum Gasteiger partial charge on any atom is 0.471 e. The third kappa shape index (κ3) is 6.53. The Morgan fingerprint density at radius 1 is 1.24 bits per heavy atom. The van der Waals surface area contributed by atoms with Crippen molar-refractivity contribution in [2.24, 2.45) is 5.41 Å². The quantitative estimate of drug-likeness (QED) is 0.712. The van der Waals surface area contributed by atoms with Crippen LogP contribution in [0.5, 0.6) is 0 Å². The number of rotatable bonds is 7. The van der Waals surface area contributed by atoms with Gasteiger partial charge in [-0.25, -0.2) is 0 Å². The normalized spacial score (nSPS) is 16.0. The van der Waals surface area contributed by atoms with E-state index in [1.54, 1.807) is 30.3 Å². The zero-order valence-corrected chi connectivity index (χ0v) is 15.1. The minimum absolute atomic E-state index is 0.241. The Balaban J connectivity index is 3.08. The minimum Gasteiger partial charge on any atom is -0.367 e. The summed E-state index contributed by atoms with van der Waals surface area (Å²) in [6, 6.07) is 8.06. The highest BCUT2D eigenvalue weighted by Gasteiger charge is 2.41. The number of nitrogens with one attached hydrogen (secondary N) is 1. The SMILES string of the molecule is C=CC[C@H](O[C@H](c1ccccc1)[C@@H](C)NC(=O)C(F)(F)F)C(C)(C)C. The first-order valence-electron chi connectivity index (χ1n) is 8.15. The first-order valence-corrected chi connectivity index (χ1v) is 8.15. The third-order valence-electron chi connectivity index (χ3n) is 3.86. The van der Waals surface area contributed by atoms with Gasteiger partial charge in [-0.05, 0) is 24.3 Å². The molecular formula is C19H26F3NO2. The monoisotopic (exact) mass is 357 g/mol. The van der Waals surface area contributed by atoms with Gasteiger partial charge in [0.25, 0.3) is 0 Å². The van der Waals surface area contributed by atoms with Crippen LogP contribution >= 0.6 is 0 Å². The van der Waals surface area contributed by atoms with Gasteiger partial charge in [0.05, 0.1) is 12.1 Å². The van der Waals surface area contributed by atoms with Crippen molar-refractivity contribution in [1.82, 2.24) is 5.32 Å². The van der Waals surface area contributed by atoms with Crippen molar-refractivity contribution in [1.29, 1.82) is 0 Å². The lowest BCUT2D eigenvalue weighted by atomic mass is 9.86. The van der Waals surface area contributed by atoms with Gasteiger partial charge in [-0.2, -0.15) is 13.2 Å². The fourth-order valence-electron chi connectivity index (χ4n) is 2.43. The standard InChI is InChI=1S/C19H26F3NO2/c1-6-10-15(18(3,4)5)25-16(14-11-8-7-9-12-14)13(2)23-17(24)19(20,21)22/h6-9,11-13,15-16H,1,10H2,2-5H3,(H,23,24)/t13-,15+,16+/m1/s1. The number of carbonyl (C=O) groups is 1. The molecule has 0 fully saturated rings. The van der Waals surface area contributed by atoms with Crippen LogP contribution < -0.4 is 5.32 Å². The number of hydrogen-bond acceptors (Lipinski definition) is 2. The number of carbonyl (C=O) groups excluding carboxylic acids is 1. The van der Waals surface area contributed by atoms with Gasteiger partial charge in [0.15, 0.2) is 0 Å². The number of halogens is 3. The van der Waals surface area contributed by atoms with E-state index in [9.17, 15) is 18.0 Å². The average molecular weight is 357 g/mol. The molecule has 1 rings (SSSR count). The fraction of sp³-hybridized carbons (Fsp3) is 0.526. The second-order valence-corrected chi connectivity index (χ2v) is 7.11. The predicted molar refractivity (Wildman–Crippen MR) is 92.0 cm³/mol. The zero-order chi connectivity index (χ0) is 19.3. The molecule has 0 aliphatic carbocycles. The van der Waals surface area contributed by atoms with Crippen molar-refractivity contribution < 1.29 is 22.7 Å². The topological polar surface area (TPSA) is 38.3 Å². The lowest BCUT2D eigenvalue weighted by molar-refractivity contribution is -0.176. The first-order chi connectivity index (χ1) is 11.5. The number of ether oxygens (including phenoxy) is 1. The molecule has 0 saturated heterocycles. The van der Waals surface area contributed by atoms with Crippen LogP contribution in [0, 0.1) is 5.41 Å². The number of benzene rings is 1. The van der Waals surface area contributed by atoms with Gasteiger partial charge in [0, 0.05) is 0 Å². The summed E-state index contributed by atoms with van der Waals surface area (Å²) in [6.07, 6.45) is -3.64. The maximum absolute atomic E-state index is 12.6. The van der Waals surface area contributed by atoms with Crippen LogP contribution in [0.3, 0.4) is 0 Å². The van der Waals surface area contributed by atoms with Crippen LogP contribution in [-0.2, 0) is 9.53 Å². The van der Waals surface area contributed by atoms with Crippen LogP contribution in [0.2, 0.25) is 0 Å². The summed E-state index contributed by atoms with van der Waals surface area (Å²) < 4.78 is 43.9. The van der Waals surface area contributed by atoms with Crippen molar-refractivity contribution >= 4 is 5.91 Å². The summed E-state index contributed by atoms with van der Waals surface area (Å²) in [5.41, 5.74) is 0.463. The molecule has 1 aromatic carbocycles. The maximum atomic E-state index is 12.6. The predicted octanol–water partition coefficient (Wildman–Crippen LogP) is 4.80. The zero-order valence-electron chi connectivity index (χ0n) is 15.1. The Bertz CT molecular complexity index is 564.